The van der Waals surface area contributed by atoms with Crippen LogP contribution in [0.5, 0.6) is 5.75 Å². The van der Waals surface area contributed by atoms with Gasteiger partial charge in [0, 0.05) is 6.42 Å². The van der Waals surface area contributed by atoms with Gasteiger partial charge in [-0.25, -0.2) is 4.79 Å². The molecule has 94 valence electrons. The Morgan fingerprint density at radius 3 is 2.78 bits per heavy atom. The summed E-state index contributed by atoms with van der Waals surface area (Å²) >= 11 is 0. The van der Waals surface area contributed by atoms with Crippen molar-refractivity contribution in [3.05, 3.63) is 29.3 Å². The first-order valence-corrected chi connectivity index (χ1v) is 5.92. The fourth-order valence-corrected chi connectivity index (χ4v) is 2.73. The lowest BCUT2D eigenvalue weighted by atomic mass is 9.78. The van der Waals surface area contributed by atoms with Crippen molar-refractivity contribution < 1.29 is 14.3 Å². The molecule has 1 aliphatic heterocycles. The zero-order chi connectivity index (χ0) is 12.8. The Morgan fingerprint density at radius 2 is 2.11 bits per heavy atom. The second-order valence-corrected chi connectivity index (χ2v) is 4.80. The molecule has 1 heterocycles. The van der Waals surface area contributed by atoms with Crippen LogP contribution in [-0.4, -0.2) is 24.6 Å². The number of fused-ring (bicyclic) bond motifs is 1. The first kappa shape index (κ1) is 11.1. The lowest BCUT2D eigenvalue weighted by Crippen LogP contribution is -2.51. The molecular weight excluding hydrogens is 232 g/mol. The van der Waals surface area contributed by atoms with Crippen LogP contribution in [0.2, 0.25) is 0 Å². The molecule has 0 radical (unpaired) electrons. The second kappa shape index (κ2) is 3.73. The van der Waals surface area contributed by atoms with E-state index in [4.69, 9.17) is 4.74 Å². The third kappa shape index (κ3) is 1.54. The van der Waals surface area contributed by atoms with Crippen LogP contribution in [0, 0.1) is 0 Å². The molecule has 3 amide bonds. The third-order valence-electron chi connectivity index (χ3n) is 3.74. The van der Waals surface area contributed by atoms with Gasteiger partial charge in [0.25, 0.3) is 5.91 Å². The molecular formula is C13H14N2O3. The Labute approximate surface area is 105 Å². The Bertz CT molecular complexity index is 541. The van der Waals surface area contributed by atoms with Crippen LogP contribution in [0.4, 0.5) is 4.79 Å². The molecule has 18 heavy (non-hydrogen) atoms. The van der Waals surface area contributed by atoms with E-state index in [0.717, 1.165) is 17.7 Å². The summed E-state index contributed by atoms with van der Waals surface area (Å²) in [5, 5.41) is 5.07. The summed E-state index contributed by atoms with van der Waals surface area (Å²) in [6, 6.07) is 5.49. The predicted octanol–water partition coefficient (Wildman–Crippen LogP) is 0.762. The average molecular weight is 246 g/mol. The van der Waals surface area contributed by atoms with E-state index in [0.29, 0.717) is 12.8 Å². The van der Waals surface area contributed by atoms with Gasteiger partial charge in [-0.05, 0) is 36.1 Å². The smallest absolute Gasteiger partial charge is 0.322 e. The Morgan fingerprint density at radius 1 is 1.28 bits per heavy atom. The number of carbonyl (C=O) groups is 2. The molecule has 0 saturated carbocycles. The van der Waals surface area contributed by atoms with Crippen molar-refractivity contribution in [2.24, 2.45) is 0 Å². The molecule has 1 atom stereocenters. The predicted molar refractivity (Wildman–Crippen MR) is 64.4 cm³/mol. The van der Waals surface area contributed by atoms with E-state index in [1.54, 1.807) is 7.11 Å². The Kier molecular flexibility index (Phi) is 2.29. The number of hydrogen-bond donors (Lipinski definition) is 2. The van der Waals surface area contributed by atoms with E-state index in [2.05, 4.69) is 10.6 Å². The number of nitrogens with one attached hydrogen (secondary N) is 2. The van der Waals surface area contributed by atoms with Gasteiger partial charge in [0.1, 0.15) is 11.3 Å². The normalized spacial score (nSPS) is 25.6. The summed E-state index contributed by atoms with van der Waals surface area (Å²) < 4.78 is 5.19. The summed E-state index contributed by atoms with van der Waals surface area (Å²) in [6.45, 7) is 0. The number of urea groups is 1. The van der Waals surface area contributed by atoms with Crippen molar-refractivity contribution in [2.75, 3.05) is 7.11 Å². The Hall–Kier alpha value is -2.04. The number of methoxy groups -OCH3 is 1. The summed E-state index contributed by atoms with van der Waals surface area (Å²) in [6.07, 6.45) is 1.95. The fraction of sp³-hybridized carbons (Fsp3) is 0.385. The summed E-state index contributed by atoms with van der Waals surface area (Å²) in [5.41, 5.74) is 1.52. The largest absolute Gasteiger partial charge is 0.497 e. The minimum Gasteiger partial charge on any atom is -0.497 e. The lowest BCUT2D eigenvalue weighted by Gasteiger charge is -2.31. The van der Waals surface area contributed by atoms with Gasteiger partial charge >= 0.3 is 6.03 Å². The van der Waals surface area contributed by atoms with E-state index in [9.17, 15) is 9.59 Å². The van der Waals surface area contributed by atoms with Crippen LogP contribution < -0.4 is 15.4 Å². The molecule has 0 aromatic heterocycles. The molecule has 1 aromatic rings. The first-order valence-electron chi connectivity index (χ1n) is 5.92. The highest BCUT2D eigenvalue weighted by Gasteiger charge is 2.47. The van der Waals surface area contributed by atoms with Gasteiger partial charge in [-0.3, -0.25) is 10.1 Å². The zero-order valence-corrected chi connectivity index (χ0v) is 10.1. The molecule has 5 heteroatoms. The van der Waals surface area contributed by atoms with Gasteiger partial charge in [0.15, 0.2) is 0 Å². The molecule has 1 unspecified atom stereocenters. The molecule has 2 N–H and O–H groups in total. The van der Waals surface area contributed by atoms with Gasteiger partial charge in [0.05, 0.1) is 7.11 Å². The van der Waals surface area contributed by atoms with Crippen molar-refractivity contribution in [2.45, 2.75) is 24.8 Å². The van der Waals surface area contributed by atoms with Crippen LogP contribution in [-0.2, 0) is 17.6 Å². The minimum atomic E-state index is -0.767. The molecule has 1 aromatic carbocycles. The van der Waals surface area contributed by atoms with Gasteiger partial charge < -0.3 is 10.1 Å². The highest BCUT2D eigenvalue weighted by molar-refractivity contribution is 6.07. The molecule has 5 nitrogen and oxygen atoms in total. The number of ether oxygens (including phenoxy) is 1. The maximum absolute atomic E-state index is 11.9. The van der Waals surface area contributed by atoms with E-state index in [-0.39, 0.29) is 5.91 Å². The van der Waals surface area contributed by atoms with E-state index < -0.39 is 11.6 Å². The number of benzene rings is 1. The maximum Gasteiger partial charge on any atom is 0.322 e. The number of carbonyl (C=O) groups excluding carboxylic acids is 2. The molecule has 1 spiro atoms. The number of rotatable bonds is 1. The van der Waals surface area contributed by atoms with Crippen molar-refractivity contribution in [1.82, 2.24) is 10.6 Å². The first-order chi connectivity index (χ1) is 8.63. The molecule has 3 rings (SSSR count). The minimum absolute atomic E-state index is 0.221. The van der Waals surface area contributed by atoms with Gasteiger partial charge in [-0.1, -0.05) is 6.07 Å². The molecule has 1 saturated heterocycles. The van der Waals surface area contributed by atoms with Crippen LogP contribution >= 0.6 is 0 Å². The molecule has 1 fully saturated rings. The molecule has 2 aliphatic rings. The van der Waals surface area contributed by atoms with Gasteiger partial charge in [0.2, 0.25) is 0 Å². The quantitative estimate of drug-likeness (QED) is 0.719. The Balaban J connectivity index is 1.97. The van der Waals surface area contributed by atoms with E-state index in [1.165, 1.54) is 5.56 Å². The lowest BCUT2D eigenvalue weighted by molar-refractivity contribution is -0.124. The van der Waals surface area contributed by atoms with Crippen LogP contribution in [0.25, 0.3) is 0 Å². The zero-order valence-electron chi connectivity index (χ0n) is 10.1. The number of hydrogen-bond acceptors (Lipinski definition) is 3. The topological polar surface area (TPSA) is 67.4 Å². The van der Waals surface area contributed by atoms with E-state index in [1.807, 2.05) is 18.2 Å². The standard InChI is InChI=1S/C13H14N2O3/c1-18-10-3-2-8-4-5-13(7-9(8)6-10)11(16)14-12(17)15-13/h2-3,6H,4-5,7H2,1H3,(H2,14,15,16,17). The van der Waals surface area contributed by atoms with Crippen molar-refractivity contribution in [3.8, 4) is 5.75 Å². The second-order valence-electron chi connectivity index (χ2n) is 4.80. The van der Waals surface area contributed by atoms with Crippen LogP contribution in [0.3, 0.4) is 0 Å². The summed E-state index contributed by atoms with van der Waals surface area (Å²) in [7, 11) is 1.62. The van der Waals surface area contributed by atoms with Gasteiger partial charge in [-0.2, -0.15) is 0 Å². The van der Waals surface area contributed by atoms with Gasteiger partial charge in [-0.15, -0.1) is 0 Å². The summed E-state index contributed by atoms with van der Waals surface area (Å²) in [5.74, 6) is 0.552. The van der Waals surface area contributed by atoms with Crippen LogP contribution in [0.1, 0.15) is 17.5 Å². The van der Waals surface area contributed by atoms with E-state index >= 15 is 0 Å². The summed E-state index contributed by atoms with van der Waals surface area (Å²) in [4.78, 5) is 23.2. The maximum atomic E-state index is 11.9. The molecule has 0 bridgehead atoms. The van der Waals surface area contributed by atoms with Crippen molar-refractivity contribution in [3.63, 3.8) is 0 Å². The van der Waals surface area contributed by atoms with Crippen molar-refractivity contribution >= 4 is 11.9 Å². The monoisotopic (exact) mass is 246 g/mol. The highest BCUT2D eigenvalue weighted by atomic mass is 16.5. The third-order valence-corrected chi connectivity index (χ3v) is 3.74. The van der Waals surface area contributed by atoms with Crippen molar-refractivity contribution in [1.29, 1.82) is 0 Å². The van der Waals surface area contributed by atoms with Crippen LogP contribution in [0.15, 0.2) is 18.2 Å². The average Bonchev–Trinajstić information content (AvgIpc) is 2.63. The number of aryl methyl sites for hydroxylation is 1. The fourth-order valence-electron chi connectivity index (χ4n) is 2.73. The SMILES string of the molecule is COc1ccc2c(c1)CC1(CC2)NC(=O)NC1=O. The number of imide groups is 1. The number of amides is 3. The highest BCUT2D eigenvalue weighted by Crippen LogP contribution is 2.32. The molecule has 1 aliphatic carbocycles.